The van der Waals surface area contributed by atoms with Crippen molar-refractivity contribution in [2.45, 2.75) is 18.9 Å². The van der Waals surface area contributed by atoms with Crippen molar-refractivity contribution in [2.24, 2.45) is 11.7 Å². The van der Waals surface area contributed by atoms with Crippen molar-refractivity contribution in [3.05, 3.63) is 65.2 Å². The zero-order chi connectivity index (χ0) is 26.4. The topological polar surface area (TPSA) is 141 Å². The Hall–Kier alpha value is -3.54. The van der Waals surface area contributed by atoms with Crippen LogP contribution in [0.1, 0.15) is 28.9 Å². The van der Waals surface area contributed by atoms with Crippen LogP contribution < -0.4 is 15.8 Å². The van der Waals surface area contributed by atoms with Crippen molar-refractivity contribution in [2.75, 3.05) is 30.6 Å². The molecule has 0 bridgehead atoms. The molecule has 5 rings (SSSR count). The van der Waals surface area contributed by atoms with Gasteiger partial charge in [0.1, 0.15) is 22.5 Å². The molecule has 0 spiro atoms. The van der Waals surface area contributed by atoms with Gasteiger partial charge in [0.25, 0.3) is 0 Å². The van der Waals surface area contributed by atoms with Crippen LogP contribution in [0.5, 0.6) is 0 Å². The molecule has 3 atom stereocenters. The number of hydrogen-bond donors (Lipinski definition) is 5. The summed E-state index contributed by atoms with van der Waals surface area (Å²) < 4.78 is 28.7. The molecule has 3 heterocycles. The molecule has 1 amide bonds. The second kappa shape index (κ2) is 9.73. The lowest BCUT2D eigenvalue weighted by Gasteiger charge is -2.36. The molecule has 1 saturated heterocycles. The number of para-hydroxylation sites is 1. The maximum Gasteiger partial charge on any atom is 0.352 e. The van der Waals surface area contributed by atoms with E-state index in [1.165, 1.54) is 18.4 Å². The highest BCUT2D eigenvalue weighted by Crippen LogP contribution is 2.39. The van der Waals surface area contributed by atoms with E-state index in [9.17, 15) is 23.3 Å². The highest BCUT2D eigenvalue weighted by molar-refractivity contribution is 7.85. The number of halogens is 1. The number of carbonyl (C=O) groups excluding carboxylic acids is 1. The van der Waals surface area contributed by atoms with Gasteiger partial charge in [0.05, 0.1) is 17.1 Å². The molecular weight excluding hydrogens is 497 g/mol. The minimum atomic E-state index is -1.46. The monoisotopic (exact) mass is 525 g/mol. The fourth-order valence-electron chi connectivity index (χ4n) is 5.20. The van der Waals surface area contributed by atoms with Gasteiger partial charge >= 0.3 is 5.97 Å². The molecule has 0 aliphatic carbocycles. The highest BCUT2D eigenvalue weighted by Gasteiger charge is 2.34. The number of fused-ring (bicyclic) bond motifs is 1. The zero-order valence-corrected chi connectivity index (χ0v) is 21.2. The van der Waals surface area contributed by atoms with Gasteiger partial charge in [-0.3, -0.25) is 9.69 Å². The van der Waals surface area contributed by atoms with Gasteiger partial charge < -0.3 is 25.9 Å². The predicted molar refractivity (Wildman–Crippen MR) is 141 cm³/mol. The van der Waals surface area contributed by atoms with E-state index in [4.69, 9.17) is 5.73 Å². The number of carbonyl (C=O) groups is 2. The van der Waals surface area contributed by atoms with Gasteiger partial charge in [-0.15, -0.1) is 0 Å². The van der Waals surface area contributed by atoms with E-state index in [0.717, 1.165) is 24.4 Å². The number of aromatic nitrogens is 1. The molecule has 2 aliphatic heterocycles. The van der Waals surface area contributed by atoms with Crippen molar-refractivity contribution in [3.63, 3.8) is 0 Å². The summed E-state index contributed by atoms with van der Waals surface area (Å²) in [7, 11) is -1.46. The average molecular weight is 526 g/mol. The maximum absolute atomic E-state index is 14.8. The summed E-state index contributed by atoms with van der Waals surface area (Å²) in [5, 5.41) is 13.5. The number of carboxylic acid groups (broad SMARTS) is 1. The lowest BCUT2D eigenvalue weighted by Crippen LogP contribution is -2.56. The van der Waals surface area contributed by atoms with E-state index in [1.54, 1.807) is 12.1 Å². The van der Waals surface area contributed by atoms with Crippen LogP contribution in [0.4, 0.5) is 10.1 Å². The van der Waals surface area contributed by atoms with E-state index in [1.807, 2.05) is 25.1 Å². The summed E-state index contributed by atoms with van der Waals surface area (Å²) in [6, 6.07) is 9.87. The van der Waals surface area contributed by atoms with Gasteiger partial charge in [-0.2, -0.15) is 0 Å². The molecule has 1 fully saturated rings. The van der Waals surface area contributed by atoms with E-state index >= 15 is 0 Å². The first-order valence-corrected chi connectivity index (χ1v) is 13.5. The van der Waals surface area contributed by atoms with Crippen LogP contribution in [0, 0.1) is 11.7 Å². The van der Waals surface area contributed by atoms with Gasteiger partial charge in [-0.25, -0.2) is 13.4 Å². The van der Waals surface area contributed by atoms with Crippen LogP contribution in [0.3, 0.4) is 0 Å². The Kier molecular flexibility index (Phi) is 6.61. The van der Waals surface area contributed by atoms with Gasteiger partial charge in [0.2, 0.25) is 5.91 Å². The second-order valence-corrected chi connectivity index (χ2v) is 10.8. The number of benzene rings is 2. The number of aromatic carboxylic acids is 1. The summed E-state index contributed by atoms with van der Waals surface area (Å²) in [4.78, 5) is 30.2. The first-order valence-electron chi connectivity index (χ1n) is 11.9. The van der Waals surface area contributed by atoms with Crippen molar-refractivity contribution < 1.29 is 23.3 Å². The van der Waals surface area contributed by atoms with E-state index < -0.39 is 28.7 Å². The third-order valence-corrected chi connectivity index (χ3v) is 7.47. The molecule has 2 aliphatic rings. The number of hydrogen-bond acceptors (Lipinski definition) is 5. The van der Waals surface area contributed by atoms with Crippen LogP contribution in [0.15, 0.2) is 48.2 Å². The molecule has 6 N–H and O–H groups in total. The third-order valence-electron chi connectivity index (χ3n) is 6.97. The number of H-pyrrole nitrogens is 1. The van der Waals surface area contributed by atoms with Gasteiger partial charge in [-0.1, -0.05) is 37.3 Å². The average Bonchev–Trinajstić information content (AvgIpc) is 3.39. The number of rotatable bonds is 8. The molecule has 2 aromatic carbocycles. The van der Waals surface area contributed by atoms with Crippen molar-refractivity contribution in [1.29, 1.82) is 0 Å². The Morgan fingerprint density at radius 1 is 1.32 bits per heavy atom. The van der Waals surface area contributed by atoms with Crippen LogP contribution in [-0.4, -0.2) is 63.0 Å². The quantitative estimate of drug-likeness (QED) is 0.306. The highest BCUT2D eigenvalue weighted by atomic mass is 32.2. The number of nitrogens with two attached hydrogens (primary N) is 1. The molecule has 194 valence electrons. The molecule has 1 unspecified atom stereocenters. The number of nitrogens with zero attached hydrogens (tertiary/aromatic N) is 1. The SMILES string of the molecule is C[C@H](c1cccc2c(-c3ccc(NS(C)=O)c(F)c3)c(C(=O)O)[nH]c12)[C@H]1C=C(CN2CC(N)C2)NC1=O. The van der Waals surface area contributed by atoms with E-state index in [-0.39, 0.29) is 29.2 Å². The largest absolute Gasteiger partial charge is 0.477 e. The lowest BCUT2D eigenvalue weighted by molar-refractivity contribution is -0.122. The Bertz CT molecular complexity index is 1460. The number of carboxylic acids is 1. The number of amides is 1. The Morgan fingerprint density at radius 2 is 2.08 bits per heavy atom. The molecule has 0 saturated carbocycles. The summed E-state index contributed by atoms with van der Waals surface area (Å²) in [6.45, 7) is 4.16. The lowest BCUT2D eigenvalue weighted by atomic mass is 9.86. The smallest absolute Gasteiger partial charge is 0.352 e. The minimum absolute atomic E-state index is 0.0608. The summed E-state index contributed by atoms with van der Waals surface area (Å²) in [5.41, 5.74) is 8.78. The summed E-state index contributed by atoms with van der Waals surface area (Å²) in [6.07, 6.45) is 3.33. The van der Waals surface area contributed by atoms with Crippen molar-refractivity contribution in [3.8, 4) is 11.1 Å². The van der Waals surface area contributed by atoms with Gasteiger partial charge in [0.15, 0.2) is 0 Å². The number of likely N-dealkylation sites (tertiary alicyclic amines) is 1. The van der Waals surface area contributed by atoms with Gasteiger partial charge in [0, 0.05) is 48.6 Å². The summed E-state index contributed by atoms with van der Waals surface area (Å²) in [5.74, 6) is -2.61. The number of aromatic amines is 1. The Balaban J connectivity index is 1.52. The predicted octanol–water partition coefficient (Wildman–Crippen LogP) is 2.75. The van der Waals surface area contributed by atoms with E-state index in [0.29, 0.717) is 28.6 Å². The van der Waals surface area contributed by atoms with Crippen LogP contribution in [0.25, 0.3) is 22.0 Å². The molecule has 1 aromatic heterocycles. The molecule has 37 heavy (non-hydrogen) atoms. The van der Waals surface area contributed by atoms with Gasteiger partial charge in [-0.05, 0) is 29.2 Å². The molecule has 11 heteroatoms. The summed E-state index contributed by atoms with van der Waals surface area (Å²) >= 11 is 0. The van der Waals surface area contributed by atoms with Crippen LogP contribution in [0.2, 0.25) is 0 Å². The molecule has 3 aromatic rings. The normalized spacial score (nSPS) is 19.8. The van der Waals surface area contributed by atoms with Crippen LogP contribution >= 0.6 is 0 Å². The molecule has 0 radical (unpaired) electrons. The molecule has 9 nitrogen and oxygen atoms in total. The number of nitrogens with one attached hydrogen (secondary N) is 3. The number of anilines is 1. The van der Waals surface area contributed by atoms with Crippen molar-refractivity contribution >= 4 is 39.5 Å². The zero-order valence-electron chi connectivity index (χ0n) is 20.4. The third kappa shape index (κ3) is 4.77. The fourth-order valence-corrected chi connectivity index (χ4v) is 5.68. The fraction of sp³-hybridized carbons (Fsp3) is 0.308. The van der Waals surface area contributed by atoms with E-state index in [2.05, 4.69) is 19.9 Å². The Labute approximate surface area is 215 Å². The minimum Gasteiger partial charge on any atom is -0.477 e. The first kappa shape index (κ1) is 25.1. The molecular formula is C26H28FN5O4S. The maximum atomic E-state index is 14.8. The standard InChI is InChI=1S/C26H28FN5O4S/c1-13(19-9-16(29-25(19)33)12-32-10-15(28)11-32)17-4-3-5-18-22(24(26(34)35)30-23(17)18)14-6-7-21(20(27)8-14)31-37(2)36/h3-9,13,15,19,30-31H,10-12,28H2,1-2H3,(H,29,33)(H,34,35)/t13-,19-,37?/m1/s1. The van der Waals surface area contributed by atoms with Crippen LogP contribution in [-0.2, 0) is 15.8 Å². The van der Waals surface area contributed by atoms with Crippen molar-refractivity contribution in [1.82, 2.24) is 15.2 Å². The second-order valence-electron chi connectivity index (χ2n) is 9.65. The Morgan fingerprint density at radius 3 is 2.73 bits per heavy atom. The first-order chi connectivity index (χ1) is 17.6.